The maximum absolute atomic E-state index is 9.21. The number of nitrogens with two attached hydrogens (primary N) is 1. The van der Waals surface area contributed by atoms with Gasteiger partial charge in [0.25, 0.3) is 0 Å². The van der Waals surface area contributed by atoms with Gasteiger partial charge in [0.2, 0.25) is 0 Å². The van der Waals surface area contributed by atoms with Gasteiger partial charge in [-0.3, -0.25) is 0 Å². The summed E-state index contributed by atoms with van der Waals surface area (Å²) < 4.78 is 0. The first-order chi connectivity index (χ1) is 7.02. The zero-order valence-electron chi connectivity index (χ0n) is 9.65. The maximum atomic E-state index is 9.21. The fourth-order valence-electron chi connectivity index (χ4n) is 2.25. The molecule has 0 amide bonds. The number of rotatable bonds is 6. The summed E-state index contributed by atoms with van der Waals surface area (Å²) in [7, 11) is 2.12. The number of aliphatic hydroxyl groups excluding tert-OH is 1. The summed E-state index contributed by atoms with van der Waals surface area (Å²) in [5, 5.41) is 9.21. The first-order valence-corrected chi connectivity index (χ1v) is 6.10. The highest BCUT2D eigenvalue weighted by Crippen LogP contribution is 2.28. The number of thiocarbonyl (C=S) groups is 1. The quantitative estimate of drug-likeness (QED) is 0.672. The van der Waals surface area contributed by atoms with E-state index in [1.54, 1.807) is 0 Å². The first-order valence-electron chi connectivity index (χ1n) is 5.69. The number of hydrogen-bond donors (Lipinski definition) is 2. The van der Waals surface area contributed by atoms with Crippen molar-refractivity contribution in [3.8, 4) is 0 Å². The maximum Gasteiger partial charge on any atom is 0.0743 e. The van der Waals surface area contributed by atoms with Crippen LogP contribution in [-0.2, 0) is 0 Å². The van der Waals surface area contributed by atoms with E-state index < -0.39 is 0 Å². The smallest absolute Gasteiger partial charge is 0.0743 e. The van der Waals surface area contributed by atoms with Crippen LogP contribution in [0.3, 0.4) is 0 Å². The lowest BCUT2D eigenvalue weighted by Crippen LogP contribution is -2.42. The van der Waals surface area contributed by atoms with E-state index in [0.29, 0.717) is 16.9 Å². The van der Waals surface area contributed by atoms with Crippen LogP contribution in [0.2, 0.25) is 0 Å². The van der Waals surface area contributed by atoms with Crippen molar-refractivity contribution < 1.29 is 5.11 Å². The van der Waals surface area contributed by atoms with E-state index >= 15 is 0 Å². The fourth-order valence-corrected chi connectivity index (χ4v) is 2.44. The Bertz CT molecular complexity index is 217. The predicted octanol–water partition coefficient (Wildman–Crippen LogP) is 1.14. The standard InChI is InChI=1S/C11H22N2OS/c1-3-9(6-11(12)15)13(2)7-8-4-10(14)5-8/h8-10,14H,3-7H2,1-2H3,(H2,12,15). The van der Waals surface area contributed by atoms with Gasteiger partial charge in [0.05, 0.1) is 11.1 Å². The second-order valence-electron chi connectivity index (χ2n) is 4.66. The zero-order chi connectivity index (χ0) is 11.4. The Morgan fingerprint density at radius 2 is 2.20 bits per heavy atom. The van der Waals surface area contributed by atoms with Crippen LogP contribution in [0.25, 0.3) is 0 Å². The normalized spacial score (nSPS) is 27.5. The van der Waals surface area contributed by atoms with Crippen molar-refractivity contribution in [2.75, 3.05) is 13.6 Å². The summed E-state index contributed by atoms with van der Waals surface area (Å²) in [4.78, 5) is 2.93. The van der Waals surface area contributed by atoms with Gasteiger partial charge in [-0.1, -0.05) is 19.1 Å². The van der Waals surface area contributed by atoms with Crippen molar-refractivity contribution in [1.29, 1.82) is 0 Å². The lowest BCUT2D eigenvalue weighted by molar-refractivity contribution is 0.0222. The average Bonchev–Trinajstić information content (AvgIpc) is 2.11. The topological polar surface area (TPSA) is 49.5 Å². The zero-order valence-corrected chi connectivity index (χ0v) is 10.5. The third kappa shape index (κ3) is 4.05. The Morgan fingerprint density at radius 1 is 1.60 bits per heavy atom. The molecule has 1 rings (SSSR count). The summed E-state index contributed by atoms with van der Waals surface area (Å²) in [6.07, 6.45) is 3.72. The van der Waals surface area contributed by atoms with Crippen molar-refractivity contribution in [1.82, 2.24) is 4.90 Å². The number of hydrogen-bond acceptors (Lipinski definition) is 3. The molecule has 3 N–H and O–H groups in total. The largest absolute Gasteiger partial charge is 0.393 e. The summed E-state index contributed by atoms with van der Waals surface area (Å²) >= 11 is 4.94. The van der Waals surface area contributed by atoms with E-state index in [4.69, 9.17) is 18.0 Å². The molecule has 1 aliphatic carbocycles. The van der Waals surface area contributed by atoms with E-state index in [0.717, 1.165) is 32.2 Å². The number of aliphatic hydroxyl groups is 1. The van der Waals surface area contributed by atoms with Crippen LogP contribution in [0.4, 0.5) is 0 Å². The molecule has 0 radical (unpaired) electrons. The lowest BCUT2D eigenvalue weighted by Gasteiger charge is -2.37. The molecule has 0 aromatic heterocycles. The SMILES string of the molecule is CCC(CC(N)=S)N(C)CC1CC(O)C1. The summed E-state index contributed by atoms with van der Waals surface area (Å²) in [6.45, 7) is 3.22. The molecule has 1 saturated carbocycles. The summed E-state index contributed by atoms with van der Waals surface area (Å²) in [6, 6.07) is 0.459. The van der Waals surface area contributed by atoms with Gasteiger partial charge >= 0.3 is 0 Å². The van der Waals surface area contributed by atoms with Crippen molar-refractivity contribution in [3.05, 3.63) is 0 Å². The molecule has 1 atom stereocenters. The number of nitrogens with zero attached hydrogens (tertiary/aromatic N) is 1. The van der Waals surface area contributed by atoms with Crippen LogP contribution in [0.1, 0.15) is 32.6 Å². The molecule has 1 fully saturated rings. The Hall–Kier alpha value is -0.190. The molecular weight excluding hydrogens is 208 g/mol. The van der Waals surface area contributed by atoms with E-state index in [1.807, 2.05) is 0 Å². The van der Waals surface area contributed by atoms with Gasteiger partial charge < -0.3 is 15.7 Å². The van der Waals surface area contributed by atoms with E-state index in [9.17, 15) is 5.11 Å². The molecule has 0 saturated heterocycles. The molecular formula is C11H22N2OS. The minimum Gasteiger partial charge on any atom is -0.393 e. The van der Waals surface area contributed by atoms with Crippen LogP contribution in [-0.4, -0.2) is 40.7 Å². The highest BCUT2D eigenvalue weighted by Gasteiger charge is 2.29. The van der Waals surface area contributed by atoms with E-state index in [2.05, 4.69) is 18.9 Å². The van der Waals surface area contributed by atoms with Gasteiger partial charge in [-0.05, 0) is 32.2 Å². The highest BCUT2D eigenvalue weighted by molar-refractivity contribution is 7.80. The van der Waals surface area contributed by atoms with Gasteiger partial charge in [0.15, 0.2) is 0 Å². The summed E-state index contributed by atoms with van der Waals surface area (Å²) in [5.74, 6) is 0.658. The molecule has 0 aromatic rings. The predicted molar refractivity (Wildman–Crippen MR) is 66.8 cm³/mol. The van der Waals surface area contributed by atoms with Crippen molar-refractivity contribution in [2.45, 2.75) is 44.8 Å². The monoisotopic (exact) mass is 230 g/mol. The van der Waals surface area contributed by atoms with Crippen LogP contribution >= 0.6 is 12.2 Å². The second-order valence-corrected chi connectivity index (χ2v) is 5.19. The molecule has 0 aliphatic heterocycles. The van der Waals surface area contributed by atoms with Gasteiger partial charge in [0.1, 0.15) is 0 Å². The average molecular weight is 230 g/mol. The third-order valence-electron chi connectivity index (χ3n) is 3.29. The lowest BCUT2D eigenvalue weighted by atomic mass is 9.82. The van der Waals surface area contributed by atoms with E-state index in [-0.39, 0.29) is 6.10 Å². The van der Waals surface area contributed by atoms with Gasteiger partial charge in [-0.25, -0.2) is 0 Å². The molecule has 88 valence electrons. The van der Waals surface area contributed by atoms with Crippen molar-refractivity contribution in [2.24, 2.45) is 11.7 Å². The molecule has 3 nitrogen and oxygen atoms in total. The van der Waals surface area contributed by atoms with E-state index in [1.165, 1.54) is 0 Å². The molecule has 0 spiro atoms. The van der Waals surface area contributed by atoms with Crippen molar-refractivity contribution in [3.63, 3.8) is 0 Å². The molecule has 15 heavy (non-hydrogen) atoms. The van der Waals surface area contributed by atoms with Crippen molar-refractivity contribution >= 4 is 17.2 Å². The second kappa shape index (κ2) is 5.77. The highest BCUT2D eigenvalue weighted by atomic mass is 32.1. The third-order valence-corrected chi connectivity index (χ3v) is 3.46. The molecule has 0 heterocycles. The van der Waals surface area contributed by atoms with Crippen LogP contribution in [0.15, 0.2) is 0 Å². The Morgan fingerprint density at radius 3 is 2.60 bits per heavy atom. The fraction of sp³-hybridized carbons (Fsp3) is 0.909. The van der Waals surface area contributed by atoms with Gasteiger partial charge in [0, 0.05) is 19.0 Å². The van der Waals surface area contributed by atoms with Crippen LogP contribution in [0.5, 0.6) is 0 Å². The Kier molecular flexibility index (Phi) is 4.96. The van der Waals surface area contributed by atoms with Crippen LogP contribution < -0.4 is 5.73 Å². The molecule has 4 heteroatoms. The van der Waals surface area contributed by atoms with Gasteiger partial charge in [-0.15, -0.1) is 0 Å². The molecule has 1 aliphatic rings. The first kappa shape index (κ1) is 12.9. The molecule has 0 bridgehead atoms. The molecule has 1 unspecified atom stereocenters. The minimum absolute atomic E-state index is 0.0564. The Balaban J connectivity index is 2.29. The molecule has 0 aromatic carbocycles. The van der Waals surface area contributed by atoms with Crippen LogP contribution in [0, 0.1) is 5.92 Å². The summed E-state index contributed by atoms with van der Waals surface area (Å²) in [5.41, 5.74) is 5.57. The van der Waals surface area contributed by atoms with Gasteiger partial charge in [-0.2, -0.15) is 0 Å². The minimum atomic E-state index is -0.0564. The Labute approximate surface area is 97.6 Å².